The molecule has 0 rings (SSSR count). The average molecular weight is 257 g/mol. The zero-order valence-corrected chi connectivity index (χ0v) is 13.7. The lowest BCUT2D eigenvalue weighted by Crippen LogP contribution is -2.44. The molecule has 0 aliphatic heterocycles. The van der Waals surface area contributed by atoms with E-state index in [9.17, 15) is 0 Å². The van der Waals surface area contributed by atoms with Gasteiger partial charge in [0.05, 0.1) is 0 Å². The summed E-state index contributed by atoms with van der Waals surface area (Å²) in [6, 6.07) is 0.577. The van der Waals surface area contributed by atoms with Gasteiger partial charge in [0.1, 0.15) is 0 Å². The minimum absolute atomic E-state index is 0.389. The van der Waals surface area contributed by atoms with E-state index < -0.39 is 0 Å². The standard InChI is InChI=1S/C15H35N3/c1-8-9-15(4,12-16-14(2)3)13-18(7)11-10-17(5)6/h14,16H,8-13H2,1-7H3. The minimum Gasteiger partial charge on any atom is -0.314 e. The lowest BCUT2D eigenvalue weighted by Gasteiger charge is -2.35. The maximum atomic E-state index is 3.60. The first-order chi connectivity index (χ1) is 8.29. The van der Waals surface area contributed by atoms with Crippen molar-refractivity contribution >= 4 is 0 Å². The van der Waals surface area contributed by atoms with E-state index in [-0.39, 0.29) is 0 Å². The molecule has 0 aliphatic carbocycles. The molecule has 18 heavy (non-hydrogen) atoms. The second-order valence-corrected chi connectivity index (χ2v) is 6.64. The summed E-state index contributed by atoms with van der Waals surface area (Å²) in [6.07, 6.45) is 2.55. The Kier molecular flexibility index (Phi) is 8.83. The fraction of sp³-hybridized carbons (Fsp3) is 1.00. The van der Waals surface area contributed by atoms with Crippen molar-refractivity contribution in [1.82, 2.24) is 15.1 Å². The van der Waals surface area contributed by atoms with Crippen LogP contribution < -0.4 is 5.32 Å². The Morgan fingerprint density at radius 1 is 1.11 bits per heavy atom. The molecule has 0 fully saturated rings. The van der Waals surface area contributed by atoms with Crippen molar-refractivity contribution in [1.29, 1.82) is 0 Å². The molecular weight excluding hydrogens is 222 g/mol. The van der Waals surface area contributed by atoms with E-state index in [2.05, 4.69) is 64.0 Å². The van der Waals surface area contributed by atoms with E-state index in [4.69, 9.17) is 0 Å². The first-order valence-corrected chi connectivity index (χ1v) is 7.36. The van der Waals surface area contributed by atoms with Gasteiger partial charge in [0.2, 0.25) is 0 Å². The van der Waals surface area contributed by atoms with Crippen LogP contribution in [0.5, 0.6) is 0 Å². The molecule has 1 N–H and O–H groups in total. The quantitative estimate of drug-likeness (QED) is 0.648. The predicted molar refractivity (Wildman–Crippen MR) is 82.2 cm³/mol. The molecule has 0 amide bonds. The van der Waals surface area contributed by atoms with E-state index >= 15 is 0 Å². The highest BCUT2D eigenvalue weighted by molar-refractivity contribution is 4.80. The largest absolute Gasteiger partial charge is 0.314 e. The van der Waals surface area contributed by atoms with Gasteiger partial charge in [-0.25, -0.2) is 0 Å². The summed E-state index contributed by atoms with van der Waals surface area (Å²) in [5, 5.41) is 3.60. The smallest absolute Gasteiger partial charge is 0.0106 e. The highest BCUT2D eigenvalue weighted by Crippen LogP contribution is 2.23. The summed E-state index contributed by atoms with van der Waals surface area (Å²) < 4.78 is 0. The summed E-state index contributed by atoms with van der Waals surface area (Å²) in [7, 11) is 6.52. The zero-order valence-electron chi connectivity index (χ0n) is 13.7. The third-order valence-corrected chi connectivity index (χ3v) is 3.37. The molecule has 110 valence electrons. The van der Waals surface area contributed by atoms with Gasteiger partial charge in [-0.15, -0.1) is 0 Å². The van der Waals surface area contributed by atoms with Gasteiger partial charge in [-0.05, 0) is 33.0 Å². The fourth-order valence-corrected chi connectivity index (χ4v) is 2.38. The molecule has 0 aromatic carbocycles. The second-order valence-electron chi connectivity index (χ2n) is 6.64. The molecule has 3 heteroatoms. The van der Waals surface area contributed by atoms with Gasteiger partial charge in [-0.2, -0.15) is 0 Å². The molecule has 0 aromatic heterocycles. The SMILES string of the molecule is CCCC(C)(CNC(C)C)CN(C)CCN(C)C. The van der Waals surface area contributed by atoms with Crippen LogP contribution in [-0.4, -0.2) is 63.2 Å². The van der Waals surface area contributed by atoms with Gasteiger partial charge in [-0.1, -0.05) is 34.1 Å². The van der Waals surface area contributed by atoms with Crippen molar-refractivity contribution < 1.29 is 0 Å². The van der Waals surface area contributed by atoms with E-state index in [1.54, 1.807) is 0 Å². The van der Waals surface area contributed by atoms with Gasteiger partial charge < -0.3 is 15.1 Å². The van der Waals surface area contributed by atoms with Crippen LogP contribution in [0.2, 0.25) is 0 Å². The summed E-state index contributed by atoms with van der Waals surface area (Å²) in [5.74, 6) is 0. The molecule has 1 atom stereocenters. The summed E-state index contributed by atoms with van der Waals surface area (Å²) in [6.45, 7) is 13.7. The van der Waals surface area contributed by atoms with Crippen molar-refractivity contribution in [2.75, 3.05) is 47.3 Å². The fourth-order valence-electron chi connectivity index (χ4n) is 2.38. The molecule has 0 bridgehead atoms. The van der Waals surface area contributed by atoms with Gasteiger partial charge >= 0.3 is 0 Å². The second kappa shape index (κ2) is 8.89. The molecule has 0 aliphatic rings. The van der Waals surface area contributed by atoms with Crippen LogP contribution in [0.1, 0.15) is 40.5 Å². The molecule has 1 unspecified atom stereocenters. The van der Waals surface area contributed by atoms with Crippen LogP contribution in [0.3, 0.4) is 0 Å². The third kappa shape index (κ3) is 8.90. The number of likely N-dealkylation sites (N-methyl/N-ethyl adjacent to an activating group) is 2. The monoisotopic (exact) mass is 257 g/mol. The van der Waals surface area contributed by atoms with Crippen molar-refractivity contribution in [3.05, 3.63) is 0 Å². The van der Waals surface area contributed by atoms with Crippen molar-refractivity contribution in [2.45, 2.75) is 46.6 Å². The average Bonchev–Trinajstić information content (AvgIpc) is 2.24. The Labute approximate surface area is 115 Å². The minimum atomic E-state index is 0.389. The third-order valence-electron chi connectivity index (χ3n) is 3.37. The predicted octanol–water partition coefficient (Wildman–Crippen LogP) is 2.28. The molecule has 0 radical (unpaired) electrons. The molecule has 0 heterocycles. The van der Waals surface area contributed by atoms with Crippen molar-refractivity contribution in [3.63, 3.8) is 0 Å². The normalized spacial score (nSPS) is 15.7. The molecule has 0 saturated heterocycles. The van der Waals surface area contributed by atoms with Crippen LogP contribution in [-0.2, 0) is 0 Å². The summed E-state index contributed by atoms with van der Waals surface area (Å²) >= 11 is 0. The topological polar surface area (TPSA) is 18.5 Å². The van der Waals surface area contributed by atoms with Gasteiger partial charge in [0.15, 0.2) is 0 Å². The molecular formula is C15H35N3. The molecule has 3 nitrogen and oxygen atoms in total. The Morgan fingerprint density at radius 2 is 1.72 bits per heavy atom. The lowest BCUT2D eigenvalue weighted by molar-refractivity contribution is 0.161. The van der Waals surface area contributed by atoms with Crippen LogP contribution in [0.15, 0.2) is 0 Å². The van der Waals surface area contributed by atoms with E-state index in [0.717, 1.165) is 19.6 Å². The Balaban J connectivity index is 4.22. The van der Waals surface area contributed by atoms with Crippen molar-refractivity contribution in [3.8, 4) is 0 Å². The van der Waals surface area contributed by atoms with E-state index in [0.29, 0.717) is 11.5 Å². The van der Waals surface area contributed by atoms with Crippen LogP contribution in [0.4, 0.5) is 0 Å². The first-order valence-electron chi connectivity index (χ1n) is 7.36. The Morgan fingerprint density at radius 3 is 2.17 bits per heavy atom. The lowest BCUT2D eigenvalue weighted by atomic mass is 9.84. The van der Waals surface area contributed by atoms with E-state index in [1.807, 2.05) is 0 Å². The van der Waals surface area contributed by atoms with Crippen LogP contribution >= 0.6 is 0 Å². The zero-order chi connectivity index (χ0) is 14.2. The van der Waals surface area contributed by atoms with Gasteiger partial charge in [0.25, 0.3) is 0 Å². The Hall–Kier alpha value is -0.120. The number of nitrogens with one attached hydrogen (secondary N) is 1. The summed E-state index contributed by atoms with van der Waals surface area (Å²) in [5.41, 5.74) is 0.389. The maximum Gasteiger partial charge on any atom is 0.0106 e. The molecule has 0 spiro atoms. The molecule has 0 saturated carbocycles. The van der Waals surface area contributed by atoms with Gasteiger partial charge in [-0.3, -0.25) is 0 Å². The van der Waals surface area contributed by atoms with E-state index in [1.165, 1.54) is 19.4 Å². The number of hydrogen-bond donors (Lipinski definition) is 1. The molecule has 0 aromatic rings. The first kappa shape index (κ1) is 17.9. The highest BCUT2D eigenvalue weighted by atomic mass is 15.2. The van der Waals surface area contributed by atoms with Crippen LogP contribution in [0, 0.1) is 5.41 Å². The maximum absolute atomic E-state index is 3.60. The van der Waals surface area contributed by atoms with Crippen LogP contribution in [0.25, 0.3) is 0 Å². The number of nitrogens with zero attached hydrogens (tertiary/aromatic N) is 2. The number of hydrogen-bond acceptors (Lipinski definition) is 3. The summed E-state index contributed by atoms with van der Waals surface area (Å²) in [4.78, 5) is 4.72. The number of rotatable bonds is 10. The highest BCUT2D eigenvalue weighted by Gasteiger charge is 2.25. The van der Waals surface area contributed by atoms with Gasteiger partial charge in [0, 0.05) is 32.2 Å². The van der Waals surface area contributed by atoms with Crippen molar-refractivity contribution in [2.24, 2.45) is 5.41 Å². The Bertz CT molecular complexity index is 204.